The highest BCUT2D eigenvalue weighted by molar-refractivity contribution is 6.30. The van der Waals surface area contributed by atoms with E-state index >= 15 is 0 Å². The maximum atomic E-state index is 13.4. The Labute approximate surface area is 130 Å². The van der Waals surface area contributed by atoms with Crippen LogP contribution < -0.4 is 4.90 Å². The second kappa shape index (κ2) is 4.38. The maximum absolute atomic E-state index is 13.4. The van der Waals surface area contributed by atoms with Crippen LogP contribution in [0, 0.1) is 0 Å². The van der Waals surface area contributed by atoms with Crippen LogP contribution in [0.1, 0.15) is 37.6 Å². The van der Waals surface area contributed by atoms with Gasteiger partial charge in [0, 0.05) is 18.9 Å². The third-order valence-corrected chi connectivity index (χ3v) is 4.78. The Morgan fingerprint density at radius 3 is 2.73 bits per heavy atom. The van der Waals surface area contributed by atoms with Gasteiger partial charge in [-0.2, -0.15) is 13.9 Å². The fraction of sp³-hybridized carbons (Fsp3) is 0.500. The quantitative estimate of drug-likeness (QED) is 0.917. The van der Waals surface area contributed by atoms with Crippen LogP contribution in [-0.2, 0) is 11.3 Å². The SMILES string of the molecule is CC(F)(F)c1ncc(N2CCC3(CC3)c3[nH]ncc32)nc1Cl. The molecule has 8 heteroatoms. The van der Waals surface area contributed by atoms with E-state index in [1.54, 1.807) is 6.20 Å². The van der Waals surface area contributed by atoms with E-state index in [0.29, 0.717) is 5.82 Å². The summed E-state index contributed by atoms with van der Waals surface area (Å²) in [6, 6.07) is 0. The fourth-order valence-electron chi connectivity index (χ4n) is 3.12. The smallest absolute Gasteiger partial charge is 0.290 e. The highest BCUT2D eigenvalue weighted by Crippen LogP contribution is 2.56. The van der Waals surface area contributed by atoms with Crippen molar-refractivity contribution < 1.29 is 8.78 Å². The first-order chi connectivity index (χ1) is 10.4. The van der Waals surface area contributed by atoms with Crippen molar-refractivity contribution >= 4 is 23.1 Å². The molecule has 0 amide bonds. The number of alkyl halides is 2. The van der Waals surface area contributed by atoms with E-state index in [1.807, 2.05) is 4.90 Å². The average molecular weight is 326 g/mol. The minimum absolute atomic E-state index is 0.218. The van der Waals surface area contributed by atoms with E-state index < -0.39 is 11.6 Å². The molecule has 1 fully saturated rings. The van der Waals surface area contributed by atoms with E-state index in [0.717, 1.165) is 44.1 Å². The Balaban J connectivity index is 1.73. The molecule has 1 spiro atoms. The summed E-state index contributed by atoms with van der Waals surface area (Å²) in [5.41, 5.74) is 1.75. The number of nitrogens with one attached hydrogen (secondary N) is 1. The summed E-state index contributed by atoms with van der Waals surface area (Å²) in [5, 5.41) is 6.93. The van der Waals surface area contributed by atoms with Gasteiger partial charge in [0.25, 0.3) is 5.92 Å². The van der Waals surface area contributed by atoms with Crippen molar-refractivity contribution in [1.29, 1.82) is 0 Å². The van der Waals surface area contributed by atoms with Crippen molar-refractivity contribution in [2.45, 2.75) is 37.5 Å². The molecule has 0 saturated heterocycles. The Kier molecular flexibility index (Phi) is 2.76. The molecule has 0 aromatic carbocycles. The van der Waals surface area contributed by atoms with Crippen molar-refractivity contribution in [3.8, 4) is 0 Å². The lowest BCUT2D eigenvalue weighted by molar-refractivity contribution is 0.0125. The average Bonchev–Trinajstić information content (AvgIpc) is 3.03. The molecule has 2 aromatic rings. The minimum atomic E-state index is -3.11. The first kappa shape index (κ1) is 13.9. The second-order valence-corrected chi connectivity index (χ2v) is 6.43. The predicted molar refractivity (Wildman–Crippen MR) is 77.7 cm³/mol. The molecule has 1 saturated carbocycles. The van der Waals surface area contributed by atoms with Gasteiger partial charge in [-0.1, -0.05) is 11.6 Å². The standard InChI is InChI=1S/C14H14ClF2N5/c1-13(16,17)11-12(15)20-9(7-18-11)22-5-4-14(2-3-14)10-8(22)6-19-21-10/h6-7H,2-5H2,1H3,(H,19,21). The van der Waals surface area contributed by atoms with E-state index in [-0.39, 0.29) is 10.6 Å². The van der Waals surface area contributed by atoms with Crippen LogP contribution in [0.5, 0.6) is 0 Å². The van der Waals surface area contributed by atoms with Crippen LogP contribution >= 0.6 is 11.6 Å². The molecule has 5 nitrogen and oxygen atoms in total. The summed E-state index contributed by atoms with van der Waals surface area (Å²) in [5.74, 6) is -2.64. The van der Waals surface area contributed by atoms with Crippen LogP contribution in [0.4, 0.5) is 20.3 Å². The molecular weight excluding hydrogens is 312 g/mol. The molecule has 3 heterocycles. The van der Waals surface area contributed by atoms with Crippen LogP contribution in [0.25, 0.3) is 0 Å². The number of halogens is 3. The van der Waals surface area contributed by atoms with Crippen molar-refractivity contribution in [3.05, 3.63) is 28.9 Å². The Hall–Kier alpha value is -1.76. The van der Waals surface area contributed by atoms with Gasteiger partial charge in [0.1, 0.15) is 5.69 Å². The zero-order valence-electron chi connectivity index (χ0n) is 11.9. The lowest BCUT2D eigenvalue weighted by atomic mass is 9.93. The second-order valence-electron chi connectivity index (χ2n) is 6.07. The number of nitrogens with zero attached hydrogens (tertiary/aromatic N) is 4. The Morgan fingerprint density at radius 1 is 1.32 bits per heavy atom. The third kappa shape index (κ3) is 1.99. The molecule has 0 bridgehead atoms. The van der Waals surface area contributed by atoms with E-state index in [2.05, 4.69) is 20.2 Å². The molecule has 1 N–H and O–H groups in total. The van der Waals surface area contributed by atoms with Gasteiger partial charge in [-0.25, -0.2) is 9.97 Å². The summed E-state index contributed by atoms with van der Waals surface area (Å²) in [6.45, 7) is 1.51. The lowest BCUT2D eigenvalue weighted by Gasteiger charge is -2.32. The van der Waals surface area contributed by atoms with Gasteiger partial charge in [0.2, 0.25) is 0 Å². The summed E-state index contributed by atoms with van der Waals surface area (Å²) in [6.07, 6.45) is 6.38. The van der Waals surface area contributed by atoms with Crippen LogP contribution in [0.15, 0.2) is 12.4 Å². The summed E-state index contributed by atoms with van der Waals surface area (Å²) in [7, 11) is 0. The van der Waals surface area contributed by atoms with Crippen LogP contribution in [0.3, 0.4) is 0 Å². The molecular formula is C14H14ClF2N5. The maximum Gasteiger partial charge on any atom is 0.290 e. The van der Waals surface area contributed by atoms with Crippen molar-refractivity contribution in [1.82, 2.24) is 20.2 Å². The molecule has 116 valence electrons. The molecule has 2 aromatic heterocycles. The zero-order valence-corrected chi connectivity index (χ0v) is 12.7. The van der Waals surface area contributed by atoms with Gasteiger partial charge >= 0.3 is 0 Å². The van der Waals surface area contributed by atoms with Crippen molar-refractivity contribution in [3.63, 3.8) is 0 Å². The first-order valence-corrected chi connectivity index (χ1v) is 7.51. The zero-order chi connectivity index (χ0) is 15.5. The normalized spacial score (nSPS) is 19.4. The number of aromatic amines is 1. The van der Waals surface area contributed by atoms with Gasteiger partial charge in [0.15, 0.2) is 11.0 Å². The predicted octanol–water partition coefficient (Wildman–Crippen LogP) is 3.54. The number of hydrogen-bond acceptors (Lipinski definition) is 4. The van der Waals surface area contributed by atoms with Gasteiger partial charge < -0.3 is 4.90 Å². The highest BCUT2D eigenvalue weighted by atomic mass is 35.5. The molecule has 0 radical (unpaired) electrons. The van der Waals surface area contributed by atoms with E-state index in [4.69, 9.17) is 11.6 Å². The molecule has 0 unspecified atom stereocenters. The van der Waals surface area contributed by atoms with Gasteiger partial charge in [-0.3, -0.25) is 5.10 Å². The van der Waals surface area contributed by atoms with E-state index in [1.165, 1.54) is 6.20 Å². The van der Waals surface area contributed by atoms with Crippen LogP contribution in [0.2, 0.25) is 5.15 Å². The number of aromatic nitrogens is 4. The minimum Gasteiger partial charge on any atom is -0.322 e. The molecule has 22 heavy (non-hydrogen) atoms. The van der Waals surface area contributed by atoms with Crippen molar-refractivity contribution in [2.75, 3.05) is 11.4 Å². The molecule has 2 aliphatic rings. The summed E-state index contributed by atoms with van der Waals surface area (Å²) < 4.78 is 26.7. The Bertz CT molecular complexity index is 735. The molecule has 4 rings (SSSR count). The number of fused-ring (bicyclic) bond motifs is 2. The third-order valence-electron chi connectivity index (χ3n) is 4.52. The highest BCUT2D eigenvalue weighted by Gasteiger charge is 2.50. The molecule has 0 atom stereocenters. The summed E-state index contributed by atoms with van der Waals surface area (Å²) in [4.78, 5) is 9.86. The number of H-pyrrole nitrogens is 1. The lowest BCUT2D eigenvalue weighted by Crippen LogP contribution is -2.31. The topological polar surface area (TPSA) is 57.7 Å². The molecule has 1 aliphatic heterocycles. The Morgan fingerprint density at radius 2 is 2.09 bits per heavy atom. The van der Waals surface area contributed by atoms with Crippen LogP contribution in [-0.4, -0.2) is 26.7 Å². The van der Waals surface area contributed by atoms with Gasteiger partial charge in [0.05, 0.1) is 23.8 Å². The van der Waals surface area contributed by atoms with E-state index in [9.17, 15) is 8.78 Å². The molecule has 1 aliphatic carbocycles. The largest absolute Gasteiger partial charge is 0.322 e. The number of rotatable bonds is 2. The van der Waals surface area contributed by atoms with Gasteiger partial charge in [-0.05, 0) is 19.3 Å². The summed E-state index contributed by atoms with van der Waals surface area (Å²) >= 11 is 5.90. The first-order valence-electron chi connectivity index (χ1n) is 7.13. The monoisotopic (exact) mass is 325 g/mol. The number of anilines is 2. The number of hydrogen-bond donors (Lipinski definition) is 1. The van der Waals surface area contributed by atoms with Crippen molar-refractivity contribution in [2.24, 2.45) is 0 Å². The van der Waals surface area contributed by atoms with Gasteiger partial charge in [-0.15, -0.1) is 0 Å². The fourth-order valence-corrected chi connectivity index (χ4v) is 3.42.